The number of aryl methyl sites for hydroxylation is 3. The number of benzene rings is 1. The maximum atomic E-state index is 5.57. The molecule has 2 aromatic rings. The zero-order valence-electron chi connectivity index (χ0n) is 12.4. The third-order valence-electron chi connectivity index (χ3n) is 3.17. The minimum Gasteiger partial charge on any atom is -0.464 e. The van der Waals surface area contributed by atoms with Gasteiger partial charge in [0.25, 0.3) is 0 Å². The summed E-state index contributed by atoms with van der Waals surface area (Å²) in [6.07, 6.45) is 0. The highest BCUT2D eigenvalue weighted by Gasteiger charge is 2.09. The molecule has 106 valence electrons. The van der Waals surface area contributed by atoms with Crippen LogP contribution in [0.3, 0.4) is 0 Å². The molecular weight excluding hydrogens is 268 g/mol. The second-order valence-electron chi connectivity index (χ2n) is 5.12. The van der Waals surface area contributed by atoms with E-state index in [0.717, 1.165) is 17.2 Å². The fourth-order valence-corrected chi connectivity index (χ4v) is 2.13. The monoisotopic (exact) mass is 288 g/mol. The summed E-state index contributed by atoms with van der Waals surface area (Å²) in [4.78, 5) is 1.97. The highest BCUT2D eigenvalue weighted by Crippen LogP contribution is 2.17. The van der Waals surface area contributed by atoms with Gasteiger partial charge in [0.2, 0.25) is 0 Å². The number of rotatable bonds is 3. The van der Waals surface area contributed by atoms with Crippen molar-refractivity contribution in [1.82, 2.24) is 4.90 Å². The van der Waals surface area contributed by atoms with Crippen LogP contribution in [0.4, 0.5) is 5.69 Å². The van der Waals surface area contributed by atoms with Crippen LogP contribution in [0.25, 0.3) is 0 Å². The van der Waals surface area contributed by atoms with Crippen molar-refractivity contribution < 1.29 is 4.42 Å². The molecule has 0 atom stereocenters. The van der Waals surface area contributed by atoms with E-state index in [1.165, 1.54) is 11.1 Å². The third-order valence-corrected chi connectivity index (χ3v) is 3.58. The van der Waals surface area contributed by atoms with Crippen LogP contribution in [-0.2, 0) is 6.54 Å². The second kappa shape index (κ2) is 6.09. The molecule has 1 N–H and O–H groups in total. The summed E-state index contributed by atoms with van der Waals surface area (Å²) in [5.41, 5.74) is 3.45. The molecule has 0 aliphatic rings. The molecule has 0 aliphatic carbocycles. The molecule has 3 nitrogen and oxygen atoms in total. The molecule has 20 heavy (non-hydrogen) atoms. The van der Waals surface area contributed by atoms with Crippen LogP contribution in [-0.4, -0.2) is 17.1 Å². The standard InChI is InChI=1S/C16H20N2OS/c1-11-5-6-12(2)15(9-11)17-16(20)18(4)10-14-8-7-13(3)19-14/h5-9H,10H2,1-4H3,(H,17,20). The van der Waals surface area contributed by atoms with Gasteiger partial charge in [-0.2, -0.15) is 0 Å². The van der Waals surface area contributed by atoms with Gasteiger partial charge < -0.3 is 14.6 Å². The van der Waals surface area contributed by atoms with Crippen molar-refractivity contribution in [3.05, 3.63) is 53.0 Å². The smallest absolute Gasteiger partial charge is 0.173 e. The Labute approximate surface area is 125 Å². The molecule has 0 aliphatic heterocycles. The second-order valence-corrected chi connectivity index (χ2v) is 5.50. The van der Waals surface area contributed by atoms with E-state index >= 15 is 0 Å². The first-order valence-electron chi connectivity index (χ1n) is 6.60. The van der Waals surface area contributed by atoms with Gasteiger partial charge in [-0.1, -0.05) is 12.1 Å². The fraction of sp³-hybridized carbons (Fsp3) is 0.312. The third kappa shape index (κ3) is 3.61. The van der Waals surface area contributed by atoms with Crippen molar-refractivity contribution >= 4 is 23.0 Å². The number of nitrogens with zero attached hydrogens (tertiary/aromatic N) is 1. The van der Waals surface area contributed by atoms with E-state index in [9.17, 15) is 0 Å². The van der Waals surface area contributed by atoms with Crippen molar-refractivity contribution in [2.24, 2.45) is 0 Å². The number of furan rings is 1. The van der Waals surface area contributed by atoms with Gasteiger partial charge in [0.1, 0.15) is 11.5 Å². The summed E-state index contributed by atoms with van der Waals surface area (Å²) >= 11 is 5.44. The lowest BCUT2D eigenvalue weighted by Crippen LogP contribution is -2.30. The Morgan fingerprint density at radius 1 is 1.20 bits per heavy atom. The summed E-state index contributed by atoms with van der Waals surface area (Å²) in [5.74, 6) is 1.83. The molecule has 4 heteroatoms. The average Bonchev–Trinajstić information content (AvgIpc) is 2.79. The van der Waals surface area contributed by atoms with Gasteiger partial charge >= 0.3 is 0 Å². The van der Waals surface area contributed by atoms with E-state index in [4.69, 9.17) is 16.6 Å². The predicted octanol–water partition coefficient (Wildman–Crippen LogP) is 4.03. The lowest BCUT2D eigenvalue weighted by Gasteiger charge is -2.21. The van der Waals surface area contributed by atoms with E-state index in [1.54, 1.807) is 0 Å². The lowest BCUT2D eigenvalue weighted by atomic mass is 10.1. The molecule has 0 amide bonds. The van der Waals surface area contributed by atoms with Crippen molar-refractivity contribution in [2.45, 2.75) is 27.3 Å². The minimum absolute atomic E-state index is 0.657. The van der Waals surface area contributed by atoms with Gasteiger partial charge in [-0.25, -0.2) is 0 Å². The summed E-state index contributed by atoms with van der Waals surface area (Å²) in [6, 6.07) is 10.2. The van der Waals surface area contributed by atoms with Crippen molar-refractivity contribution in [2.75, 3.05) is 12.4 Å². The predicted molar refractivity (Wildman–Crippen MR) is 87.0 cm³/mol. The molecule has 0 bridgehead atoms. The first kappa shape index (κ1) is 14.6. The molecule has 0 spiro atoms. The number of nitrogens with one attached hydrogen (secondary N) is 1. The van der Waals surface area contributed by atoms with Crippen LogP contribution < -0.4 is 5.32 Å². The van der Waals surface area contributed by atoms with Gasteiger partial charge in [0, 0.05) is 12.7 Å². The van der Waals surface area contributed by atoms with Crippen molar-refractivity contribution in [3.63, 3.8) is 0 Å². The lowest BCUT2D eigenvalue weighted by molar-refractivity contribution is 0.403. The van der Waals surface area contributed by atoms with Crippen LogP contribution in [0.5, 0.6) is 0 Å². The summed E-state index contributed by atoms with van der Waals surface area (Å²) in [7, 11) is 1.96. The van der Waals surface area contributed by atoms with Gasteiger partial charge in [-0.05, 0) is 62.3 Å². The highest BCUT2D eigenvalue weighted by molar-refractivity contribution is 7.80. The first-order valence-corrected chi connectivity index (χ1v) is 7.01. The molecule has 1 aromatic heterocycles. The fourth-order valence-electron chi connectivity index (χ4n) is 1.96. The van der Waals surface area contributed by atoms with Crippen molar-refractivity contribution in [1.29, 1.82) is 0 Å². The average molecular weight is 288 g/mol. The van der Waals surface area contributed by atoms with Crippen LogP contribution in [0.1, 0.15) is 22.6 Å². The Morgan fingerprint density at radius 2 is 1.95 bits per heavy atom. The number of thiocarbonyl (C=S) groups is 1. The number of anilines is 1. The maximum absolute atomic E-state index is 5.57. The highest BCUT2D eigenvalue weighted by atomic mass is 32.1. The largest absolute Gasteiger partial charge is 0.464 e. The first-order chi connectivity index (χ1) is 9.45. The van der Waals surface area contributed by atoms with Crippen LogP contribution >= 0.6 is 12.2 Å². The van der Waals surface area contributed by atoms with E-state index < -0.39 is 0 Å². The van der Waals surface area contributed by atoms with Crippen LogP contribution in [0, 0.1) is 20.8 Å². The molecule has 0 fully saturated rings. The van der Waals surface area contributed by atoms with Crippen molar-refractivity contribution in [3.8, 4) is 0 Å². The normalized spacial score (nSPS) is 10.4. The SMILES string of the molecule is Cc1ccc(C)c(NC(=S)N(C)Cc2ccc(C)o2)c1. The topological polar surface area (TPSA) is 28.4 Å². The molecule has 2 rings (SSSR count). The van der Waals surface area contributed by atoms with E-state index in [-0.39, 0.29) is 0 Å². The minimum atomic E-state index is 0.657. The van der Waals surface area contributed by atoms with Crippen LogP contribution in [0.15, 0.2) is 34.7 Å². The molecule has 0 unspecified atom stereocenters. The summed E-state index contributed by atoms with van der Waals surface area (Å²) in [6.45, 7) is 6.74. The molecular formula is C16H20N2OS. The molecule has 1 aromatic carbocycles. The van der Waals surface area contributed by atoms with Gasteiger partial charge in [-0.15, -0.1) is 0 Å². The van der Waals surface area contributed by atoms with Gasteiger partial charge in [-0.3, -0.25) is 0 Å². The van der Waals surface area contributed by atoms with Gasteiger partial charge in [0.15, 0.2) is 5.11 Å². The summed E-state index contributed by atoms with van der Waals surface area (Å²) in [5, 5.41) is 3.98. The zero-order chi connectivity index (χ0) is 14.7. The Morgan fingerprint density at radius 3 is 2.60 bits per heavy atom. The Balaban J connectivity index is 2.02. The Bertz CT molecular complexity index is 619. The zero-order valence-corrected chi connectivity index (χ0v) is 13.2. The number of hydrogen-bond acceptors (Lipinski definition) is 2. The number of hydrogen-bond donors (Lipinski definition) is 1. The Hall–Kier alpha value is -1.81. The molecule has 0 saturated carbocycles. The van der Waals surface area contributed by atoms with Gasteiger partial charge in [0.05, 0.1) is 6.54 Å². The molecule has 0 radical (unpaired) electrons. The van der Waals surface area contributed by atoms with E-state index in [0.29, 0.717) is 11.7 Å². The maximum Gasteiger partial charge on any atom is 0.173 e. The summed E-state index contributed by atoms with van der Waals surface area (Å²) < 4.78 is 5.57. The quantitative estimate of drug-likeness (QED) is 0.863. The van der Waals surface area contributed by atoms with E-state index in [2.05, 4.69) is 37.4 Å². The Kier molecular flexibility index (Phi) is 4.45. The van der Waals surface area contributed by atoms with Crippen LogP contribution in [0.2, 0.25) is 0 Å². The van der Waals surface area contributed by atoms with E-state index in [1.807, 2.05) is 31.0 Å². The molecule has 1 heterocycles. The molecule has 0 saturated heterocycles.